The highest BCUT2D eigenvalue weighted by molar-refractivity contribution is 7.15. The van der Waals surface area contributed by atoms with Crippen molar-refractivity contribution in [3.05, 3.63) is 45.5 Å². The molecule has 0 aliphatic rings. The zero-order valence-electron chi connectivity index (χ0n) is 11.5. The molecule has 0 saturated heterocycles. The van der Waals surface area contributed by atoms with Gasteiger partial charge in [-0.1, -0.05) is 23.8 Å². The fourth-order valence-electron chi connectivity index (χ4n) is 1.98. The van der Waals surface area contributed by atoms with Crippen molar-refractivity contribution in [2.45, 2.75) is 34.1 Å². The molecule has 0 radical (unpaired) electrons. The summed E-state index contributed by atoms with van der Waals surface area (Å²) in [7, 11) is 0. The van der Waals surface area contributed by atoms with Crippen LogP contribution in [0, 0.1) is 27.7 Å². The van der Waals surface area contributed by atoms with Crippen LogP contribution in [0.3, 0.4) is 0 Å². The second-order valence-corrected chi connectivity index (χ2v) is 5.97. The molecule has 0 spiro atoms. The molecular formula is C15H20N2S. The number of rotatable bonds is 4. The number of aryl methyl sites for hydroxylation is 4. The zero-order valence-corrected chi connectivity index (χ0v) is 12.3. The predicted molar refractivity (Wildman–Crippen MR) is 79.7 cm³/mol. The van der Waals surface area contributed by atoms with Crippen molar-refractivity contribution in [3.8, 4) is 0 Å². The van der Waals surface area contributed by atoms with Gasteiger partial charge in [-0.2, -0.15) is 0 Å². The van der Waals surface area contributed by atoms with Crippen LogP contribution in [0.2, 0.25) is 0 Å². The lowest BCUT2D eigenvalue weighted by Gasteiger charge is -2.07. The van der Waals surface area contributed by atoms with Gasteiger partial charge in [0.05, 0.1) is 5.69 Å². The first-order valence-electron chi connectivity index (χ1n) is 6.30. The Hall–Kier alpha value is -1.35. The molecule has 0 atom stereocenters. The van der Waals surface area contributed by atoms with E-state index in [2.05, 4.69) is 56.2 Å². The first-order chi connectivity index (χ1) is 8.56. The highest BCUT2D eigenvalue weighted by atomic mass is 32.1. The highest BCUT2D eigenvalue weighted by Gasteiger charge is 2.03. The molecule has 96 valence electrons. The number of nitrogens with one attached hydrogen (secondary N) is 1. The number of nitrogens with zero attached hydrogens (tertiary/aromatic N) is 1. The molecule has 1 aromatic carbocycles. The maximum Gasteiger partial charge on any atom is 0.183 e. The Bertz CT molecular complexity index is 524. The van der Waals surface area contributed by atoms with Crippen molar-refractivity contribution in [2.24, 2.45) is 0 Å². The monoisotopic (exact) mass is 260 g/mol. The number of hydrogen-bond acceptors (Lipinski definition) is 3. The summed E-state index contributed by atoms with van der Waals surface area (Å²) in [6, 6.07) is 6.65. The van der Waals surface area contributed by atoms with Crippen LogP contribution >= 0.6 is 11.3 Å². The Morgan fingerprint density at radius 1 is 1.17 bits per heavy atom. The van der Waals surface area contributed by atoms with E-state index in [1.54, 1.807) is 11.3 Å². The van der Waals surface area contributed by atoms with Crippen LogP contribution < -0.4 is 5.32 Å². The maximum absolute atomic E-state index is 4.49. The van der Waals surface area contributed by atoms with Crippen molar-refractivity contribution in [1.82, 2.24) is 4.98 Å². The molecule has 2 rings (SSSR count). The third-order valence-electron chi connectivity index (χ3n) is 3.20. The minimum Gasteiger partial charge on any atom is -0.361 e. The number of aromatic nitrogens is 1. The molecule has 0 saturated carbocycles. The van der Waals surface area contributed by atoms with Crippen molar-refractivity contribution in [3.63, 3.8) is 0 Å². The largest absolute Gasteiger partial charge is 0.361 e. The molecule has 3 heteroatoms. The van der Waals surface area contributed by atoms with Crippen molar-refractivity contribution in [1.29, 1.82) is 0 Å². The number of thiazole rings is 1. The van der Waals surface area contributed by atoms with Crippen LogP contribution in [-0.4, -0.2) is 11.5 Å². The van der Waals surface area contributed by atoms with Gasteiger partial charge in [0.15, 0.2) is 5.13 Å². The quantitative estimate of drug-likeness (QED) is 0.897. The third kappa shape index (κ3) is 3.10. The predicted octanol–water partition coefficient (Wildman–Crippen LogP) is 4.03. The molecule has 2 nitrogen and oxygen atoms in total. The van der Waals surface area contributed by atoms with Crippen LogP contribution in [0.4, 0.5) is 5.13 Å². The zero-order chi connectivity index (χ0) is 13.1. The van der Waals surface area contributed by atoms with E-state index >= 15 is 0 Å². The van der Waals surface area contributed by atoms with Gasteiger partial charge >= 0.3 is 0 Å². The van der Waals surface area contributed by atoms with E-state index in [0.29, 0.717) is 0 Å². The molecule has 1 N–H and O–H groups in total. The fraction of sp³-hybridized carbons (Fsp3) is 0.400. The van der Waals surface area contributed by atoms with Gasteiger partial charge in [-0.15, -0.1) is 11.3 Å². The molecule has 0 aliphatic carbocycles. The van der Waals surface area contributed by atoms with Crippen molar-refractivity contribution >= 4 is 16.5 Å². The van der Waals surface area contributed by atoms with E-state index in [-0.39, 0.29) is 0 Å². The number of hydrogen-bond donors (Lipinski definition) is 1. The summed E-state index contributed by atoms with van der Waals surface area (Å²) in [6.07, 6.45) is 1.05. The van der Waals surface area contributed by atoms with Crippen LogP contribution in [-0.2, 0) is 6.42 Å². The van der Waals surface area contributed by atoms with Gasteiger partial charge in [0, 0.05) is 11.4 Å². The minimum atomic E-state index is 0.941. The third-order valence-corrected chi connectivity index (χ3v) is 4.23. The second-order valence-electron chi connectivity index (χ2n) is 4.77. The summed E-state index contributed by atoms with van der Waals surface area (Å²) in [5.41, 5.74) is 5.26. The molecule has 0 amide bonds. The fourth-order valence-corrected chi connectivity index (χ4v) is 2.82. The molecule has 0 fully saturated rings. The van der Waals surface area contributed by atoms with Crippen molar-refractivity contribution < 1.29 is 0 Å². The molecule has 0 unspecified atom stereocenters. The molecule has 0 aliphatic heterocycles. The Morgan fingerprint density at radius 2 is 1.94 bits per heavy atom. The van der Waals surface area contributed by atoms with Crippen LogP contribution in [0.1, 0.15) is 27.3 Å². The van der Waals surface area contributed by atoms with E-state index < -0.39 is 0 Å². The summed E-state index contributed by atoms with van der Waals surface area (Å²) in [5, 5.41) is 4.44. The Balaban J connectivity index is 1.92. The maximum atomic E-state index is 4.49. The summed E-state index contributed by atoms with van der Waals surface area (Å²) in [6.45, 7) is 9.43. The van der Waals surface area contributed by atoms with Gasteiger partial charge < -0.3 is 5.32 Å². The molecule has 18 heavy (non-hydrogen) atoms. The number of anilines is 1. The van der Waals surface area contributed by atoms with Crippen LogP contribution in [0.25, 0.3) is 0 Å². The molecule has 1 heterocycles. The minimum absolute atomic E-state index is 0.941. The first-order valence-corrected chi connectivity index (χ1v) is 7.12. The normalized spacial score (nSPS) is 10.7. The lowest BCUT2D eigenvalue weighted by molar-refractivity contribution is 0.997. The average molecular weight is 260 g/mol. The molecular weight excluding hydrogens is 240 g/mol. The molecule has 1 aromatic heterocycles. The van der Waals surface area contributed by atoms with E-state index in [1.807, 2.05) is 0 Å². The lowest BCUT2D eigenvalue weighted by Crippen LogP contribution is -2.05. The van der Waals surface area contributed by atoms with Gasteiger partial charge in [-0.05, 0) is 45.2 Å². The Kier molecular flexibility index (Phi) is 4.02. The van der Waals surface area contributed by atoms with Gasteiger partial charge in [0.25, 0.3) is 0 Å². The Labute approximate surface area is 113 Å². The molecule has 2 aromatic rings. The SMILES string of the molecule is Cc1ccc(CCNc2nc(C)c(C)s2)c(C)c1. The lowest BCUT2D eigenvalue weighted by atomic mass is 10.0. The van der Waals surface area contributed by atoms with Gasteiger partial charge in [-0.3, -0.25) is 0 Å². The first kappa shape index (κ1) is 13.1. The average Bonchev–Trinajstić information content (AvgIpc) is 2.61. The van der Waals surface area contributed by atoms with Gasteiger partial charge in [-0.25, -0.2) is 4.98 Å². The van der Waals surface area contributed by atoms with Gasteiger partial charge in [0.2, 0.25) is 0 Å². The summed E-state index contributed by atoms with van der Waals surface area (Å²) in [5.74, 6) is 0. The standard InChI is InChI=1S/C15H20N2S/c1-10-5-6-14(11(2)9-10)7-8-16-15-17-12(3)13(4)18-15/h5-6,9H,7-8H2,1-4H3,(H,16,17). The smallest absolute Gasteiger partial charge is 0.183 e. The van der Waals surface area contributed by atoms with Crippen LogP contribution in [0.5, 0.6) is 0 Å². The number of benzene rings is 1. The molecule has 0 bridgehead atoms. The van der Waals surface area contributed by atoms with E-state index in [1.165, 1.54) is 21.6 Å². The topological polar surface area (TPSA) is 24.9 Å². The summed E-state index contributed by atoms with van der Waals surface area (Å²) in [4.78, 5) is 5.78. The van der Waals surface area contributed by atoms with Crippen molar-refractivity contribution in [2.75, 3.05) is 11.9 Å². The van der Waals surface area contributed by atoms with Crippen LogP contribution in [0.15, 0.2) is 18.2 Å². The highest BCUT2D eigenvalue weighted by Crippen LogP contribution is 2.21. The van der Waals surface area contributed by atoms with Gasteiger partial charge in [0.1, 0.15) is 0 Å². The van der Waals surface area contributed by atoms with E-state index in [9.17, 15) is 0 Å². The Morgan fingerprint density at radius 3 is 2.56 bits per heavy atom. The summed E-state index contributed by atoms with van der Waals surface area (Å²) >= 11 is 1.73. The van der Waals surface area contributed by atoms with E-state index in [0.717, 1.165) is 23.8 Å². The summed E-state index contributed by atoms with van der Waals surface area (Å²) < 4.78 is 0. The van der Waals surface area contributed by atoms with E-state index in [4.69, 9.17) is 0 Å². The second kappa shape index (κ2) is 5.53.